The third kappa shape index (κ3) is 3.74. The quantitative estimate of drug-likeness (QED) is 0.874. The van der Waals surface area contributed by atoms with Gasteiger partial charge in [-0.25, -0.2) is 0 Å². The van der Waals surface area contributed by atoms with Crippen molar-refractivity contribution in [2.24, 2.45) is 0 Å². The Morgan fingerprint density at radius 2 is 2.16 bits per heavy atom. The average Bonchev–Trinajstić information content (AvgIpc) is 3.23. The first-order chi connectivity index (χ1) is 12.0. The van der Waals surface area contributed by atoms with Gasteiger partial charge in [0.25, 0.3) is 5.91 Å². The molecule has 132 valence electrons. The lowest BCUT2D eigenvalue weighted by Crippen LogP contribution is -2.33. The second-order valence-corrected chi connectivity index (χ2v) is 6.41. The zero-order valence-electron chi connectivity index (χ0n) is 14.4. The van der Waals surface area contributed by atoms with Crippen molar-refractivity contribution >= 4 is 17.5 Å². The first kappa shape index (κ1) is 17.2. The summed E-state index contributed by atoms with van der Waals surface area (Å²) < 4.78 is 5.17. The number of nitrogens with zero attached hydrogens (tertiary/aromatic N) is 1. The van der Waals surface area contributed by atoms with Crippen molar-refractivity contribution < 1.29 is 19.1 Å². The van der Waals surface area contributed by atoms with E-state index in [9.17, 15) is 14.7 Å². The van der Waals surface area contributed by atoms with Crippen molar-refractivity contribution in [1.82, 2.24) is 5.32 Å². The van der Waals surface area contributed by atoms with Gasteiger partial charge in [0.15, 0.2) is 0 Å². The van der Waals surface area contributed by atoms with Crippen LogP contribution >= 0.6 is 0 Å². The molecule has 2 N–H and O–H groups in total. The summed E-state index contributed by atoms with van der Waals surface area (Å²) in [6.07, 6.45) is 1.87. The van der Waals surface area contributed by atoms with Crippen molar-refractivity contribution in [1.29, 1.82) is 0 Å². The van der Waals surface area contributed by atoms with Crippen molar-refractivity contribution in [3.8, 4) is 0 Å². The monoisotopic (exact) mass is 342 g/mol. The van der Waals surface area contributed by atoms with E-state index in [-0.39, 0.29) is 17.9 Å². The molecule has 0 spiro atoms. The molecule has 0 saturated carbocycles. The highest BCUT2D eigenvalue weighted by atomic mass is 16.4. The smallest absolute Gasteiger partial charge is 0.251 e. The number of aliphatic hydroxyl groups excluding tert-OH is 1. The molecule has 0 bridgehead atoms. The van der Waals surface area contributed by atoms with Gasteiger partial charge < -0.3 is 19.7 Å². The minimum absolute atomic E-state index is 0.0106. The van der Waals surface area contributed by atoms with Crippen molar-refractivity contribution in [2.75, 3.05) is 11.4 Å². The maximum atomic E-state index is 12.4. The second kappa shape index (κ2) is 7.11. The number of anilines is 1. The highest BCUT2D eigenvalue weighted by Gasteiger charge is 2.23. The van der Waals surface area contributed by atoms with Gasteiger partial charge in [-0.1, -0.05) is 0 Å². The minimum Gasteiger partial charge on any atom is -0.467 e. The predicted octanol–water partition coefficient (Wildman–Crippen LogP) is 2.43. The van der Waals surface area contributed by atoms with Gasteiger partial charge in [0, 0.05) is 37.2 Å². The summed E-state index contributed by atoms with van der Waals surface area (Å²) in [7, 11) is 0. The van der Waals surface area contributed by atoms with Crippen LogP contribution in [0.3, 0.4) is 0 Å². The molecule has 2 atom stereocenters. The first-order valence-electron chi connectivity index (χ1n) is 8.39. The van der Waals surface area contributed by atoms with Gasteiger partial charge in [-0.15, -0.1) is 0 Å². The van der Waals surface area contributed by atoms with Gasteiger partial charge in [-0.2, -0.15) is 0 Å². The van der Waals surface area contributed by atoms with E-state index >= 15 is 0 Å². The highest BCUT2D eigenvalue weighted by molar-refractivity contribution is 5.97. The summed E-state index contributed by atoms with van der Waals surface area (Å²) in [6.45, 7) is 4.04. The Hall–Kier alpha value is -2.60. The van der Waals surface area contributed by atoms with Crippen LogP contribution in [-0.4, -0.2) is 29.5 Å². The van der Waals surface area contributed by atoms with Gasteiger partial charge in [0.05, 0.1) is 6.26 Å². The lowest BCUT2D eigenvalue weighted by Gasteiger charge is -2.17. The Balaban J connectivity index is 1.63. The molecule has 6 nitrogen and oxygen atoms in total. The molecule has 2 unspecified atom stereocenters. The SMILES string of the molecule is CC(=O)N1CCc2cc(C(=O)NC(C)CC(O)c3ccco3)ccc21. The topological polar surface area (TPSA) is 82.8 Å². The average molecular weight is 342 g/mol. The summed E-state index contributed by atoms with van der Waals surface area (Å²) in [4.78, 5) is 25.8. The van der Waals surface area contributed by atoms with E-state index in [0.29, 0.717) is 24.3 Å². The van der Waals surface area contributed by atoms with Crippen molar-refractivity contribution in [3.63, 3.8) is 0 Å². The number of hydrogen-bond donors (Lipinski definition) is 2. The summed E-state index contributed by atoms with van der Waals surface area (Å²) in [6, 6.07) is 8.60. The van der Waals surface area contributed by atoms with Gasteiger partial charge in [-0.3, -0.25) is 9.59 Å². The summed E-state index contributed by atoms with van der Waals surface area (Å²) in [5, 5.41) is 13.0. The molecule has 2 heterocycles. The van der Waals surface area contributed by atoms with Gasteiger partial charge in [0.1, 0.15) is 11.9 Å². The zero-order chi connectivity index (χ0) is 18.0. The molecule has 2 aromatic rings. The number of amides is 2. The molecule has 1 aromatic heterocycles. The van der Waals surface area contributed by atoms with E-state index in [2.05, 4.69) is 5.32 Å². The molecule has 6 heteroatoms. The van der Waals surface area contributed by atoms with Crippen LogP contribution in [0, 0.1) is 0 Å². The summed E-state index contributed by atoms with van der Waals surface area (Å²) in [5.74, 6) is 0.308. The fourth-order valence-corrected chi connectivity index (χ4v) is 3.17. The number of rotatable bonds is 5. The lowest BCUT2D eigenvalue weighted by molar-refractivity contribution is -0.116. The molecule has 1 aliphatic heterocycles. The van der Waals surface area contributed by atoms with E-state index in [1.54, 1.807) is 30.0 Å². The Bertz CT molecular complexity index is 770. The molecule has 0 saturated heterocycles. The molecule has 2 amide bonds. The highest BCUT2D eigenvalue weighted by Crippen LogP contribution is 2.29. The van der Waals surface area contributed by atoms with Crippen molar-refractivity contribution in [3.05, 3.63) is 53.5 Å². The number of fused-ring (bicyclic) bond motifs is 1. The third-order valence-electron chi connectivity index (χ3n) is 4.44. The van der Waals surface area contributed by atoms with E-state index in [4.69, 9.17) is 4.42 Å². The Morgan fingerprint density at radius 3 is 2.84 bits per heavy atom. The molecular weight excluding hydrogens is 320 g/mol. The number of carbonyl (C=O) groups is 2. The normalized spacial score (nSPS) is 15.6. The largest absolute Gasteiger partial charge is 0.467 e. The van der Waals surface area contributed by atoms with Crippen LogP contribution in [0.5, 0.6) is 0 Å². The third-order valence-corrected chi connectivity index (χ3v) is 4.44. The number of furan rings is 1. The fraction of sp³-hybridized carbons (Fsp3) is 0.368. The molecule has 1 aliphatic rings. The van der Waals surface area contributed by atoms with Crippen LogP contribution in [0.25, 0.3) is 0 Å². The minimum atomic E-state index is -0.755. The maximum absolute atomic E-state index is 12.4. The van der Waals surface area contributed by atoms with E-state index in [1.165, 1.54) is 6.26 Å². The van der Waals surface area contributed by atoms with Crippen LogP contribution in [0.1, 0.15) is 48.1 Å². The molecule has 0 radical (unpaired) electrons. The van der Waals surface area contributed by atoms with Gasteiger partial charge >= 0.3 is 0 Å². The fourth-order valence-electron chi connectivity index (χ4n) is 3.17. The van der Waals surface area contributed by atoms with Crippen LogP contribution < -0.4 is 10.2 Å². The number of aliphatic hydroxyl groups is 1. The number of hydrogen-bond acceptors (Lipinski definition) is 4. The van der Waals surface area contributed by atoms with Gasteiger partial charge in [-0.05, 0) is 49.2 Å². The zero-order valence-corrected chi connectivity index (χ0v) is 14.4. The van der Waals surface area contributed by atoms with Crippen LogP contribution in [0.2, 0.25) is 0 Å². The standard InChI is InChI=1S/C19H22N2O4/c1-12(10-17(23)18-4-3-9-25-18)20-19(24)15-5-6-16-14(11-15)7-8-21(16)13(2)22/h3-6,9,11-12,17,23H,7-8,10H2,1-2H3,(H,20,24). The van der Waals surface area contributed by atoms with E-state index in [0.717, 1.165) is 17.7 Å². The lowest BCUT2D eigenvalue weighted by atomic mass is 10.1. The molecule has 25 heavy (non-hydrogen) atoms. The predicted molar refractivity (Wildman–Crippen MR) is 93.4 cm³/mol. The molecule has 1 aromatic carbocycles. The molecule has 0 aliphatic carbocycles. The molecule has 3 rings (SSSR count). The Morgan fingerprint density at radius 1 is 1.36 bits per heavy atom. The molecular formula is C19H22N2O4. The number of carbonyl (C=O) groups excluding carboxylic acids is 2. The van der Waals surface area contributed by atoms with Crippen LogP contribution in [0.15, 0.2) is 41.0 Å². The number of nitrogens with one attached hydrogen (secondary N) is 1. The Kier molecular flexibility index (Phi) is 4.90. The Labute approximate surface area is 146 Å². The van der Waals surface area contributed by atoms with Crippen LogP contribution in [0.4, 0.5) is 5.69 Å². The van der Waals surface area contributed by atoms with Crippen LogP contribution in [-0.2, 0) is 11.2 Å². The first-order valence-corrected chi connectivity index (χ1v) is 8.39. The van der Waals surface area contributed by atoms with E-state index in [1.807, 2.05) is 19.1 Å². The van der Waals surface area contributed by atoms with E-state index < -0.39 is 6.10 Å². The van der Waals surface area contributed by atoms with Crippen molar-refractivity contribution in [2.45, 2.75) is 38.8 Å². The van der Waals surface area contributed by atoms with Gasteiger partial charge in [0.2, 0.25) is 5.91 Å². The summed E-state index contributed by atoms with van der Waals surface area (Å²) >= 11 is 0. The molecule has 0 fully saturated rings. The number of benzene rings is 1. The second-order valence-electron chi connectivity index (χ2n) is 6.41. The summed E-state index contributed by atoms with van der Waals surface area (Å²) in [5.41, 5.74) is 2.44. The maximum Gasteiger partial charge on any atom is 0.251 e.